The molecular formula is C15H15N5OS. The van der Waals surface area contributed by atoms with Crippen molar-refractivity contribution in [3.63, 3.8) is 0 Å². The van der Waals surface area contributed by atoms with E-state index in [1.165, 1.54) is 6.20 Å². The molecule has 2 rings (SSSR count). The molecule has 0 unspecified atom stereocenters. The third-order valence-electron chi connectivity index (χ3n) is 3.16. The molecule has 112 valence electrons. The van der Waals surface area contributed by atoms with E-state index < -0.39 is 0 Å². The lowest BCUT2D eigenvalue weighted by Gasteiger charge is -2.27. The second-order valence-corrected chi connectivity index (χ2v) is 5.43. The quantitative estimate of drug-likeness (QED) is 0.379. The highest BCUT2D eigenvalue weighted by atomic mass is 32.2. The van der Waals surface area contributed by atoms with Gasteiger partial charge in [-0.05, 0) is 36.0 Å². The summed E-state index contributed by atoms with van der Waals surface area (Å²) in [6.45, 7) is 2.71. The van der Waals surface area contributed by atoms with Gasteiger partial charge in [0, 0.05) is 43.0 Å². The second-order valence-electron chi connectivity index (χ2n) is 4.57. The van der Waals surface area contributed by atoms with Crippen LogP contribution in [0.5, 0.6) is 0 Å². The largest absolute Gasteiger partial charge is 0.360 e. The van der Waals surface area contributed by atoms with Crippen LogP contribution in [0, 0.1) is 22.0 Å². The van der Waals surface area contributed by atoms with E-state index in [1.807, 2.05) is 11.5 Å². The molecule has 1 saturated heterocycles. The summed E-state index contributed by atoms with van der Waals surface area (Å²) in [5.41, 5.74) is 0.834. The van der Waals surface area contributed by atoms with Crippen molar-refractivity contribution < 1.29 is 4.79 Å². The first-order valence-electron chi connectivity index (χ1n) is 6.77. The maximum atomic E-state index is 12.2. The van der Waals surface area contributed by atoms with Gasteiger partial charge in [-0.3, -0.25) is 4.79 Å². The number of piperazine rings is 1. The van der Waals surface area contributed by atoms with Gasteiger partial charge in [-0.15, -0.1) is 0 Å². The predicted octanol–water partition coefficient (Wildman–Crippen LogP) is 1.51. The van der Waals surface area contributed by atoms with E-state index in [1.54, 1.807) is 29.2 Å². The Balaban J connectivity index is 2.01. The summed E-state index contributed by atoms with van der Waals surface area (Å²) in [6, 6.07) is 9.12. The van der Waals surface area contributed by atoms with Crippen molar-refractivity contribution in [2.45, 2.75) is 4.90 Å². The molecule has 1 aromatic carbocycles. The molecule has 1 heterocycles. The summed E-state index contributed by atoms with van der Waals surface area (Å²) in [7, 11) is 0. The first-order chi connectivity index (χ1) is 10.7. The van der Waals surface area contributed by atoms with Gasteiger partial charge >= 0.3 is 0 Å². The molecule has 1 aliphatic rings. The molecule has 0 atom stereocenters. The van der Waals surface area contributed by atoms with Gasteiger partial charge in [-0.25, -0.2) is 0 Å². The van der Waals surface area contributed by atoms with Crippen LogP contribution in [0.4, 0.5) is 5.69 Å². The Bertz CT molecular complexity index is 635. The fourth-order valence-electron chi connectivity index (χ4n) is 2.01. The third kappa shape index (κ3) is 4.26. The van der Waals surface area contributed by atoms with E-state index in [2.05, 4.69) is 10.6 Å². The molecule has 1 aromatic rings. The van der Waals surface area contributed by atoms with Crippen LogP contribution >= 0.6 is 11.8 Å². The molecule has 0 aromatic heterocycles. The topological polar surface area (TPSA) is 92.0 Å². The van der Waals surface area contributed by atoms with Crippen molar-refractivity contribution in [3.05, 3.63) is 36.0 Å². The molecular weight excluding hydrogens is 298 g/mol. The van der Waals surface area contributed by atoms with Crippen molar-refractivity contribution in [3.8, 4) is 11.5 Å². The molecule has 0 bridgehead atoms. The van der Waals surface area contributed by atoms with E-state index in [-0.39, 0.29) is 11.5 Å². The highest BCUT2D eigenvalue weighted by Crippen LogP contribution is 2.19. The van der Waals surface area contributed by atoms with Crippen LogP contribution in [0.2, 0.25) is 0 Å². The number of thiocyanates is 1. The van der Waals surface area contributed by atoms with Crippen molar-refractivity contribution in [1.82, 2.24) is 10.2 Å². The van der Waals surface area contributed by atoms with Crippen LogP contribution in [0.25, 0.3) is 0 Å². The lowest BCUT2D eigenvalue weighted by atomic mass is 10.2. The Morgan fingerprint density at radius 3 is 2.55 bits per heavy atom. The summed E-state index contributed by atoms with van der Waals surface area (Å²) in [6.07, 6.45) is 1.43. The number of nitrogens with one attached hydrogen (secondary N) is 2. The lowest BCUT2D eigenvalue weighted by molar-refractivity contribution is -0.127. The number of hydrogen-bond acceptors (Lipinski definition) is 6. The number of rotatable bonds is 4. The van der Waals surface area contributed by atoms with Crippen LogP contribution in [-0.4, -0.2) is 37.0 Å². The fourth-order valence-corrected chi connectivity index (χ4v) is 2.39. The average molecular weight is 313 g/mol. The number of benzene rings is 1. The van der Waals surface area contributed by atoms with Gasteiger partial charge in [0.15, 0.2) is 0 Å². The molecule has 1 fully saturated rings. The van der Waals surface area contributed by atoms with Crippen molar-refractivity contribution in [2.24, 2.45) is 0 Å². The molecule has 0 radical (unpaired) electrons. The summed E-state index contributed by atoms with van der Waals surface area (Å²) in [5.74, 6) is -0.256. The minimum atomic E-state index is -0.256. The zero-order valence-electron chi connectivity index (χ0n) is 11.9. The molecule has 1 aliphatic heterocycles. The van der Waals surface area contributed by atoms with Gasteiger partial charge < -0.3 is 15.5 Å². The standard InChI is InChI=1S/C15H15N5OS/c16-9-12(15(21)20-7-5-18-6-8-20)10-19-13-1-3-14(4-2-13)22-11-17/h1-4,10,18-19H,5-8H2/b12-10-. The normalized spacial score (nSPS) is 14.8. The Labute approximate surface area is 133 Å². The van der Waals surface area contributed by atoms with Gasteiger partial charge in [-0.2, -0.15) is 10.5 Å². The molecule has 1 amide bonds. The number of nitriles is 2. The minimum absolute atomic E-state index is 0.0809. The molecule has 6 nitrogen and oxygen atoms in total. The first-order valence-corrected chi connectivity index (χ1v) is 7.59. The smallest absolute Gasteiger partial charge is 0.266 e. The van der Waals surface area contributed by atoms with E-state index in [4.69, 9.17) is 10.5 Å². The minimum Gasteiger partial charge on any atom is -0.360 e. The lowest BCUT2D eigenvalue weighted by Crippen LogP contribution is -2.46. The second kappa shape index (κ2) is 8.08. The van der Waals surface area contributed by atoms with Gasteiger partial charge in [-0.1, -0.05) is 0 Å². The summed E-state index contributed by atoms with van der Waals surface area (Å²) in [4.78, 5) is 14.7. The van der Waals surface area contributed by atoms with Crippen LogP contribution in [0.15, 0.2) is 40.9 Å². The van der Waals surface area contributed by atoms with Crippen LogP contribution < -0.4 is 10.6 Å². The van der Waals surface area contributed by atoms with Crippen molar-refractivity contribution in [2.75, 3.05) is 31.5 Å². The Morgan fingerprint density at radius 1 is 1.27 bits per heavy atom. The summed E-state index contributed by atoms with van der Waals surface area (Å²) >= 11 is 1.08. The Kier molecular flexibility index (Phi) is 5.84. The van der Waals surface area contributed by atoms with Gasteiger partial charge in [0.2, 0.25) is 0 Å². The van der Waals surface area contributed by atoms with Crippen molar-refractivity contribution >= 4 is 23.4 Å². The number of thioether (sulfide) groups is 1. The summed E-state index contributed by atoms with van der Waals surface area (Å²) in [5, 5.41) is 25.9. The number of amides is 1. The monoisotopic (exact) mass is 313 g/mol. The van der Waals surface area contributed by atoms with Gasteiger partial charge in [0.05, 0.1) is 0 Å². The number of hydrogen-bond donors (Lipinski definition) is 2. The van der Waals surface area contributed by atoms with E-state index in [9.17, 15) is 4.79 Å². The number of anilines is 1. The molecule has 22 heavy (non-hydrogen) atoms. The molecule has 0 spiro atoms. The molecule has 7 heteroatoms. The predicted molar refractivity (Wildman–Crippen MR) is 84.7 cm³/mol. The molecule has 0 aliphatic carbocycles. The van der Waals surface area contributed by atoms with Gasteiger partial charge in [0.25, 0.3) is 5.91 Å². The fraction of sp³-hybridized carbons (Fsp3) is 0.267. The first kappa shape index (κ1) is 15.9. The SMILES string of the molecule is N#CSc1ccc(N/C=C(/C#N)C(=O)N2CCNCC2)cc1. The number of carbonyl (C=O) groups excluding carboxylic acids is 1. The maximum absolute atomic E-state index is 12.2. The zero-order chi connectivity index (χ0) is 15.8. The zero-order valence-corrected chi connectivity index (χ0v) is 12.7. The van der Waals surface area contributed by atoms with Crippen LogP contribution in [-0.2, 0) is 4.79 Å². The molecule has 2 N–H and O–H groups in total. The van der Waals surface area contributed by atoms with E-state index in [0.29, 0.717) is 13.1 Å². The van der Waals surface area contributed by atoms with Crippen molar-refractivity contribution in [1.29, 1.82) is 10.5 Å². The van der Waals surface area contributed by atoms with E-state index >= 15 is 0 Å². The number of carbonyl (C=O) groups is 1. The third-order valence-corrected chi connectivity index (χ3v) is 3.76. The Morgan fingerprint density at radius 2 is 1.95 bits per heavy atom. The average Bonchev–Trinajstić information content (AvgIpc) is 2.58. The maximum Gasteiger partial charge on any atom is 0.266 e. The van der Waals surface area contributed by atoms with Crippen LogP contribution in [0.3, 0.4) is 0 Å². The Hall–Kier alpha value is -2.48. The van der Waals surface area contributed by atoms with Crippen LogP contribution in [0.1, 0.15) is 0 Å². The number of nitrogens with zero attached hydrogens (tertiary/aromatic N) is 3. The highest BCUT2D eigenvalue weighted by molar-refractivity contribution is 8.03. The highest BCUT2D eigenvalue weighted by Gasteiger charge is 2.19. The van der Waals surface area contributed by atoms with E-state index in [0.717, 1.165) is 35.4 Å². The summed E-state index contributed by atoms with van der Waals surface area (Å²) < 4.78 is 0. The molecule has 0 saturated carbocycles. The van der Waals surface area contributed by atoms with Gasteiger partial charge in [0.1, 0.15) is 17.0 Å².